The van der Waals surface area contributed by atoms with E-state index in [-0.39, 0.29) is 36.4 Å². The fourth-order valence-corrected chi connectivity index (χ4v) is 5.53. The quantitative estimate of drug-likeness (QED) is 0.298. The van der Waals surface area contributed by atoms with Gasteiger partial charge in [-0.1, -0.05) is 23.7 Å². The predicted octanol–water partition coefficient (Wildman–Crippen LogP) is 5.76. The lowest BCUT2D eigenvalue weighted by molar-refractivity contribution is -0.140. The zero-order valence-electron chi connectivity index (χ0n) is 20.9. The summed E-state index contributed by atoms with van der Waals surface area (Å²) in [6, 6.07) is 10.9. The lowest BCUT2D eigenvalue weighted by Gasteiger charge is -2.37. The number of hydrogen-bond donors (Lipinski definition) is 2. The standard InChI is InChI=1S/C28H29BrClNO6/c1-4-36-9-10-37-28(34)24-15(2)31-21-12-17(16-5-7-19(30)8-6-16)13-22(32)26(21)25(24)18-11-20(29)27(33)23(14-18)35-3/h5-8,11,14,17,25,31,33H,4,9-10,12-13H2,1-3H3/t17-,25+/m0/s1. The first kappa shape index (κ1) is 27.2. The number of rotatable bonds is 8. The number of esters is 1. The van der Waals surface area contributed by atoms with Gasteiger partial charge in [0.25, 0.3) is 0 Å². The topological polar surface area (TPSA) is 94.1 Å². The molecule has 2 aromatic rings. The predicted molar refractivity (Wildman–Crippen MR) is 144 cm³/mol. The number of carbonyl (C=O) groups is 2. The van der Waals surface area contributed by atoms with Crippen molar-refractivity contribution in [1.29, 1.82) is 0 Å². The Labute approximate surface area is 229 Å². The molecule has 0 radical (unpaired) electrons. The molecule has 2 atom stereocenters. The molecule has 2 aliphatic rings. The Morgan fingerprint density at radius 2 is 1.89 bits per heavy atom. The number of halogens is 2. The van der Waals surface area contributed by atoms with Crippen molar-refractivity contribution in [2.75, 3.05) is 26.9 Å². The third-order valence-electron chi connectivity index (χ3n) is 6.66. The largest absolute Gasteiger partial charge is 0.503 e. The average Bonchev–Trinajstić information content (AvgIpc) is 2.87. The fraction of sp³-hybridized carbons (Fsp3) is 0.357. The second-order valence-electron chi connectivity index (χ2n) is 8.96. The minimum absolute atomic E-state index is 0.0229. The lowest BCUT2D eigenvalue weighted by atomic mass is 9.71. The molecule has 2 aromatic carbocycles. The highest BCUT2D eigenvalue weighted by Crippen LogP contribution is 2.48. The van der Waals surface area contributed by atoms with Crippen molar-refractivity contribution in [2.24, 2.45) is 0 Å². The van der Waals surface area contributed by atoms with Crippen LogP contribution >= 0.6 is 27.5 Å². The van der Waals surface area contributed by atoms with Gasteiger partial charge < -0.3 is 24.6 Å². The van der Waals surface area contributed by atoms with Crippen LogP contribution in [0.3, 0.4) is 0 Å². The number of nitrogens with one attached hydrogen (secondary N) is 1. The van der Waals surface area contributed by atoms with E-state index in [9.17, 15) is 14.7 Å². The Kier molecular flexibility index (Phi) is 8.62. The van der Waals surface area contributed by atoms with Gasteiger partial charge in [0, 0.05) is 40.9 Å². The van der Waals surface area contributed by atoms with E-state index in [0.717, 1.165) is 11.3 Å². The Morgan fingerprint density at radius 1 is 1.16 bits per heavy atom. The molecular formula is C28H29BrClNO6. The number of allylic oxidation sites excluding steroid dienone is 3. The first-order valence-corrected chi connectivity index (χ1v) is 13.2. The smallest absolute Gasteiger partial charge is 0.336 e. The summed E-state index contributed by atoms with van der Waals surface area (Å²) in [5.41, 5.74) is 3.90. The van der Waals surface area contributed by atoms with Gasteiger partial charge in [-0.15, -0.1) is 0 Å². The molecule has 7 nitrogen and oxygen atoms in total. The third-order valence-corrected chi connectivity index (χ3v) is 7.51. The van der Waals surface area contributed by atoms with Gasteiger partial charge in [0.2, 0.25) is 0 Å². The van der Waals surface area contributed by atoms with Crippen LogP contribution in [0.4, 0.5) is 0 Å². The van der Waals surface area contributed by atoms with Gasteiger partial charge >= 0.3 is 5.97 Å². The number of hydrogen-bond acceptors (Lipinski definition) is 7. The molecule has 0 aromatic heterocycles. The molecule has 1 heterocycles. The number of Topliss-reactive ketones (excluding diaryl/α,β-unsaturated/α-hetero) is 1. The molecule has 4 rings (SSSR count). The number of ketones is 1. The van der Waals surface area contributed by atoms with E-state index in [2.05, 4.69) is 21.2 Å². The van der Waals surface area contributed by atoms with Crippen LogP contribution in [-0.2, 0) is 19.1 Å². The molecule has 9 heteroatoms. The van der Waals surface area contributed by atoms with E-state index >= 15 is 0 Å². The molecule has 0 saturated carbocycles. The second-order valence-corrected chi connectivity index (χ2v) is 10.2. The zero-order valence-corrected chi connectivity index (χ0v) is 23.2. The minimum Gasteiger partial charge on any atom is -0.503 e. The van der Waals surface area contributed by atoms with Gasteiger partial charge in [0.15, 0.2) is 17.3 Å². The molecule has 0 bridgehead atoms. The van der Waals surface area contributed by atoms with Crippen LogP contribution in [0.5, 0.6) is 11.5 Å². The SMILES string of the molecule is CCOCCOC(=O)C1=C(C)NC2=C(C(=O)C[C@@H](c3ccc(Cl)cc3)C2)[C@@H]1c1cc(Br)c(O)c(OC)c1. The molecule has 0 spiro atoms. The monoisotopic (exact) mass is 589 g/mol. The molecule has 1 aliphatic heterocycles. The first-order chi connectivity index (χ1) is 17.7. The van der Waals surface area contributed by atoms with E-state index in [1.54, 1.807) is 19.1 Å². The van der Waals surface area contributed by atoms with Gasteiger partial charge in [-0.3, -0.25) is 4.79 Å². The average molecular weight is 591 g/mol. The highest BCUT2D eigenvalue weighted by molar-refractivity contribution is 9.10. The Bertz CT molecular complexity index is 1270. The summed E-state index contributed by atoms with van der Waals surface area (Å²) in [5, 5.41) is 14.4. The van der Waals surface area contributed by atoms with Crippen LogP contribution in [0.25, 0.3) is 0 Å². The third kappa shape index (κ3) is 5.71. The van der Waals surface area contributed by atoms with E-state index in [0.29, 0.717) is 51.4 Å². The van der Waals surface area contributed by atoms with Crippen LogP contribution in [0.1, 0.15) is 49.7 Å². The maximum absolute atomic E-state index is 13.7. The number of ether oxygens (including phenoxy) is 3. The summed E-state index contributed by atoms with van der Waals surface area (Å²) >= 11 is 9.44. The van der Waals surface area contributed by atoms with E-state index in [1.807, 2.05) is 31.2 Å². The summed E-state index contributed by atoms with van der Waals surface area (Å²) in [6.45, 7) is 4.56. The van der Waals surface area contributed by atoms with Crippen molar-refractivity contribution < 1.29 is 28.9 Å². The molecule has 0 amide bonds. The lowest BCUT2D eigenvalue weighted by Crippen LogP contribution is -2.36. The van der Waals surface area contributed by atoms with Gasteiger partial charge in [-0.2, -0.15) is 0 Å². The van der Waals surface area contributed by atoms with Crippen LogP contribution in [0.15, 0.2) is 63.4 Å². The van der Waals surface area contributed by atoms with Crippen molar-refractivity contribution >= 4 is 39.3 Å². The van der Waals surface area contributed by atoms with Crippen LogP contribution in [0, 0.1) is 0 Å². The van der Waals surface area contributed by atoms with Crippen molar-refractivity contribution in [3.63, 3.8) is 0 Å². The number of benzene rings is 2. The molecule has 37 heavy (non-hydrogen) atoms. The summed E-state index contributed by atoms with van der Waals surface area (Å²) in [5.74, 6) is -1.14. The number of carbonyl (C=O) groups excluding carboxylic acids is 2. The van der Waals surface area contributed by atoms with Crippen molar-refractivity contribution in [3.05, 3.63) is 79.6 Å². The van der Waals surface area contributed by atoms with E-state index in [1.165, 1.54) is 7.11 Å². The molecule has 0 unspecified atom stereocenters. The highest BCUT2D eigenvalue weighted by atomic mass is 79.9. The van der Waals surface area contributed by atoms with Crippen LogP contribution in [-0.4, -0.2) is 43.8 Å². The number of methoxy groups -OCH3 is 1. The summed E-state index contributed by atoms with van der Waals surface area (Å²) in [7, 11) is 1.45. The first-order valence-electron chi connectivity index (χ1n) is 12.1. The molecule has 2 N–H and O–H groups in total. The fourth-order valence-electron chi connectivity index (χ4n) is 4.95. The zero-order chi connectivity index (χ0) is 26.7. The number of dihydropyridines is 1. The maximum atomic E-state index is 13.7. The van der Waals surface area contributed by atoms with Gasteiger partial charge in [-0.25, -0.2) is 4.79 Å². The van der Waals surface area contributed by atoms with Crippen molar-refractivity contribution in [3.8, 4) is 11.5 Å². The van der Waals surface area contributed by atoms with Crippen LogP contribution in [0.2, 0.25) is 5.02 Å². The minimum atomic E-state index is -0.694. The highest BCUT2D eigenvalue weighted by Gasteiger charge is 2.42. The molecule has 1 aliphatic carbocycles. The molecule has 196 valence electrons. The number of phenolic OH excluding ortho intramolecular Hbond substituents is 1. The van der Waals surface area contributed by atoms with Gasteiger partial charge in [0.1, 0.15) is 6.61 Å². The molecule has 0 saturated heterocycles. The second kappa shape index (κ2) is 11.7. The van der Waals surface area contributed by atoms with Gasteiger partial charge in [0.05, 0.1) is 23.8 Å². The van der Waals surface area contributed by atoms with Crippen LogP contribution < -0.4 is 10.1 Å². The summed E-state index contributed by atoms with van der Waals surface area (Å²) in [4.78, 5) is 27.1. The molecule has 0 fully saturated rings. The van der Waals surface area contributed by atoms with Crippen molar-refractivity contribution in [1.82, 2.24) is 5.32 Å². The van der Waals surface area contributed by atoms with Crippen molar-refractivity contribution in [2.45, 2.75) is 38.5 Å². The molecular weight excluding hydrogens is 562 g/mol. The number of phenols is 1. The normalized spacial score (nSPS) is 19.4. The Morgan fingerprint density at radius 3 is 2.57 bits per heavy atom. The number of aromatic hydroxyl groups is 1. The summed E-state index contributed by atoms with van der Waals surface area (Å²) in [6.07, 6.45) is 0.889. The summed E-state index contributed by atoms with van der Waals surface area (Å²) < 4.78 is 16.6. The maximum Gasteiger partial charge on any atom is 0.336 e. The van der Waals surface area contributed by atoms with E-state index in [4.69, 9.17) is 25.8 Å². The Balaban J connectivity index is 1.78. The Hall–Kier alpha value is -2.81. The van der Waals surface area contributed by atoms with E-state index < -0.39 is 11.9 Å². The van der Waals surface area contributed by atoms with Gasteiger partial charge in [-0.05, 0) is 77.5 Å².